The van der Waals surface area contributed by atoms with Gasteiger partial charge in [0, 0.05) is 28.0 Å². The molecule has 3 heterocycles. The van der Waals surface area contributed by atoms with Gasteiger partial charge in [0.2, 0.25) is 11.5 Å². The number of halogens is 4. The van der Waals surface area contributed by atoms with Gasteiger partial charge in [0.1, 0.15) is 29.3 Å². The van der Waals surface area contributed by atoms with E-state index in [-0.39, 0.29) is 41.2 Å². The van der Waals surface area contributed by atoms with E-state index in [4.69, 9.17) is 10.5 Å². The summed E-state index contributed by atoms with van der Waals surface area (Å²) in [4.78, 5) is 29.9. The van der Waals surface area contributed by atoms with E-state index in [2.05, 4.69) is 20.5 Å². The predicted octanol–water partition coefficient (Wildman–Crippen LogP) is 4.41. The number of fused-ring (bicyclic) bond motifs is 2. The highest BCUT2D eigenvalue weighted by atomic mass is 19.4. The Morgan fingerprint density at radius 1 is 1.09 bits per heavy atom. The van der Waals surface area contributed by atoms with Crippen molar-refractivity contribution >= 4 is 22.7 Å². The van der Waals surface area contributed by atoms with Gasteiger partial charge in [0.25, 0.3) is 5.91 Å². The normalized spacial score (nSPS) is 19.2. The van der Waals surface area contributed by atoms with Crippen LogP contribution in [0.15, 0.2) is 54.6 Å². The highest BCUT2D eigenvalue weighted by Gasteiger charge is 2.58. The Kier molecular flexibility index (Phi) is 7.03. The summed E-state index contributed by atoms with van der Waals surface area (Å²) in [6.45, 7) is 0.0593. The topological polar surface area (TPSA) is 140 Å². The van der Waals surface area contributed by atoms with Crippen molar-refractivity contribution in [3.63, 3.8) is 0 Å². The lowest BCUT2D eigenvalue weighted by Gasteiger charge is -2.32. The van der Waals surface area contributed by atoms with Gasteiger partial charge in [-0.2, -0.15) is 23.4 Å². The molecule has 1 aliphatic carbocycles. The number of nitrogens with one attached hydrogen (secondary N) is 1. The van der Waals surface area contributed by atoms with E-state index in [1.165, 1.54) is 30.3 Å². The maximum atomic E-state index is 14.7. The molecule has 1 unspecified atom stereocenters. The molecule has 13 heteroatoms. The summed E-state index contributed by atoms with van der Waals surface area (Å²) in [6.07, 6.45) is -3.28. The number of primary amides is 1. The molecule has 44 heavy (non-hydrogen) atoms. The number of ether oxygens (including phenoxy) is 1. The summed E-state index contributed by atoms with van der Waals surface area (Å²) in [5.74, 6) is -2.00. The van der Waals surface area contributed by atoms with Crippen LogP contribution in [-0.4, -0.2) is 51.4 Å². The Bertz CT molecular complexity index is 1790. The van der Waals surface area contributed by atoms with Gasteiger partial charge in [-0.1, -0.05) is 6.92 Å². The fraction of sp³-hybridized carbons (Fsp3) is 0.323. The molecule has 1 fully saturated rings. The van der Waals surface area contributed by atoms with Crippen LogP contribution >= 0.6 is 0 Å². The van der Waals surface area contributed by atoms with Crippen LogP contribution < -0.4 is 15.8 Å². The molecule has 2 atom stereocenters. The molecular weight excluding hydrogens is 582 g/mol. The average molecular weight is 610 g/mol. The van der Waals surface area contributed by atoms with Crippen LogP contribution in [0.1, 0.15) is 59.4 Å². The second-order valence-corrected chi connectivity index (χ2v) is 11.2. The Morgan fingerprint density at radius 2 is 1.82 bits per heavy atom. The maximum Gasteiger partial charge on any atom is 0.424 e. The van der Waals surface area contributed by atoms with Crippen LogP contribution in [0.3, 0.4) is 0 Å². The summed E-state index contributed by atoms with van der Waals surface area (Å²) in [6, 6.07) is 11.9. The third-order valence-electron chi connectivity index (χ3n) is 8.40. The van der Waals surface area contributed by atoms with Crippen molar-refractivity contribution in [1.29, 1.82) is 0 Å². The van der Waals surface area contributed by atoms with Crippen LogP contribution in [-0.2, 0) is 15.8 Å². The van der Waals surface area contributed by atoms with E-state index in [1.54, 1.807) is 13.0 Å². The molecule has 9 nitrogen and oxygen atoms in total. The van der Waals surface area contributed by atoms with Gasteiger partial charge in [0.15, 0.2) is 0 Å². The van der Waals surface area contributed by atoms with Gasteiger partial charge in [0.05, 0.1) is 23.4 Å². The number of hydrogen-bond donors (Lipinski definition) is 3. The highest BCUT2D eigenvalue weighted by Crippen LogP contribution is 2.49. The number of benzene rings is 2. The Balaban J connectivity index is 1.40. The summed E-state index contributed by atoms with van der Waals surface area (Å²) < 4.78 is 63.6. The number of nitrogens with two attached hydrogens (primary N) is 1. The molecule has 6 rings (SSSR count). The average Bonchev–Trinajstić information content (AvgIpc) is 3.78. The SMILES string of the molecule is CC[C@]1(C(N)=O)COc2c1cc(C(O)(CNC(=O)c1ccc3nnc(C4CC4)cc3c1)C(F)(F)F)nc2-c1ccc(F)cc1. The Hall–Kier alpha value is -4.65. The van der Waals surface area contributed by atoms with E-state index >= 15 is 0 Å². The zero-order chi connectivity index (χ0) is 31.4. The molecule has 4 N–H and O–H groups in total. The van der Waals surface area contributed by atoms with Gasteiger partial charge in [-0.15, -0.1) is 0 Å². The van der Waals surface area contributed by atoms with Crippen molar-refractivity contribution in [2.75, 3.05) is 13.2 Å². The number of aliphatic hydroxyl groups is 1. The van der Waals surface area contributed by atoms with E-state index < -0.39 is 47.1 Å². The molecule has 1 saturated carbocycles. The van der Waals surface area contributed by atoms with Crippen LogP contribution in [0.5, 0.6) is 5.75 Å². The molecule has 1 aliphatic heterocycles. The number of carbonyl (C=O) groups excluding carboxylic acids is 2. The van der Waals surface area contributed by atoms with Crippen LogP contribution in [0.4, 0.5) is 17.6 Å². The van der Waals surface area contributed by atoms with Gasteiger partial charge >= 0.3 is 6.18 Å². The van der Waals surface area contributed by atoms with E-state index in [0.717, 1.165) is 36.7 Å². The lowest BCUT2D eigenvalue weighted by molar-refractivity contribution is -0.265. The second-order valence-electron chi connectivity index (χ2n) is 11.2. The largest absolute Gasteiger partial charge is 0.489 e. The number of nitrogens with zero attached hydrogens (tertiary/aromatic N) is 3. The zero-order valence-electron chi connectivity index (χ0n) is 23.4. The van der Waals surface area contributed by atoms with Crippen molar-refractivity contribution in [3.05, 3.63) is 82.9 Å². The van der Waals surface area contributed by atoms with Gasteiger partial charge in [-0.25, -0.2) is 9.37 Å². The number of amides is 2. The van der Waals surface area contributed by atoms with Gasteiger partial charge in [-0.3, -0.25) is 9.59 Å². The van der Waals surface area contributed by atoms with Crippen LogP contribution in [0.25, 0.3) is 22.2 Å². The Labute approximate surface area is 248 Å². The molecular formula is C31H27F4N5O4. The first kappa shape index (κ1) is 29.4. The van der Waals surface area contributed by atoms with E-state index in [9.17, 15) is 32.3 Å². The van der Waals surface area contributed by atoms with Crippen molar-refractivity contribution in [3.8, 4) is 17.0 Å². The van der Waals surface area contributed by atoms with Crippen LogP contribution in [0, 0.1) is 5.82 Å². The molecule has 0 bridgehead atoms. The second kappa shape index (κ2) is 10.5. The molecule has 4 aromatic rings. The summed E-state index contributed by atoms with van der Waals surface area (Å²) in [5.41, 5.74) is 0.994. The zero-order valence-corrected chi connectivity index (χ0v) is 23.4. The third-order valence-corrected chi connectivity index (χ3v) is 8.40. The van der Waals surface area contributed by atoms with Crippen molar-refractivity contribution in [2.24, 2.45) is 5.73 Å². The molecule has 2 aliphatic rings. The molecule has 228 valence electrons. The lowest BCUT2D eigenvalue weighted by atomic mass is 9.78. The first-order valence-corrected chi connectivity index (χ1v) is 14.0. The van der Waals surface area contributed by atoms with Gasteiger partial charge < -0.3 is 20.9 Å². The van der Waals surface area contributed by atoms with Crippen molar-refractivity contribution in [2.45, 2.75) is 49.3 Å². The van der Waals surface area contributed by atoms with Gasteiger partial charge in [-0.05, 0) is 73.9 Å². The molecule has 0 radical (unpaired) electrons. The first-order chi connectivity index (χ1) is 20.9. The number of rotatable bonds is 8. The Morgan fingerprint density at radius 3 is 2.45 bits per heavy atom. The number of pyridine rings is 1. The summed E-state index contributed by atoms with van der Waals surface area (Å²) in [5, 5.41) is 22.4. The minimum absolute atomic E-state index is 0.000557. The number of alkyl halides is 3. The van der Waals surface area contributed by atoms with Crippen molar-refractivity contribution in [1.82, 2.24) is 20.5 Å². The maximum absolute atomic E-state index is 14.7. The van der Waals surface area contributed by atoms with E-state index in [0.29, 0.717) is 16.8 Å². The molecule has 2 amide bonds. The van der Waals surface area contributed by atoms with Crippen LogP contribution in [0.2, 0.25) is 0 Å². The third kappa shape index (κ3) is 4.90. The molecule has 2 aromatic heterocycles. The standard InChI is InChI=1S/C31H27F4N5O4/c1-2-29(28(36)42)15-44-26-21(29)13-24(38-25(26)17-5-8-20(32)9-6-17)30(43,31(33,34)35)14-37-27(41)18-7-10-22-19(11-18)12-23(40-39-22)16-3-4-16/h5-13,16,43H,2-4,14-15H2,1H3,(H2,36,42)(H,37,41)/t29-,30?/m0/s1. The number of hydrogen-bond acceptors (Lipinski definition) is 7. The smallest absolute Gasteiger partial charge is 0.424 e. The van der Waals surface area contributed by atoms with E-state index in [1.807, 2.05) is 0 Å². The fourth-order valence-electron chi connectivity index (χ4n) is 5.42. The minimum Gasteiger partial charge on any atom is -0.489 e. The molecule has 0 spiro atoms. The summed E-state index contributed by atoms with van der Waals surface area (Å²) >= 11 is 0. The highest BCUT2D eigenvalue weighted by molar-refractivity contribution is 5.98. The summed E-state index contributed by atoms with van der Waals surface area (Å²) in [7, 11) is 0. The first-order valence-electron chi connectivity index (χ1n) is 14.0. The number of carbonyl (C=O) groups is 2. The predicted molar refractivity (Wildman–Crippen MR) is 150 cm³/mol. The molecule has 2 aromatic carbocycles. The minimum atomic E-state index is -5.33. The monoisotopic (exact) mass is 609 g/mol. The number of aromatic nitrogens is 3. The molecule has 0 saturated heterocycles. The fourth-order valence-corrected chi connectivity index (χ4v) is 5.42. The van der Waals surface area contributed by atoms with Crippen molar-refractivity contribution < 1.29 is 37.0 Å². The lowest BCUT2D eigenvalue weighted by Crippen LogP contribution is -2.52. The quantitative estimate of drug-likeness (QED) is 0.251.